The predicted molar refractivity (Wildman–Crippen MR) is 99.6 cm³/mol. The van der Waals surface area contributed by atoms with E-state index in [4.69, 9.17) is 33.8 Å². The van der Waals surface area contributed by atoms with Crippen LogP contribution in [0.25, 0.3) is 0 Å². The van der Waals surface area contributed by atoms with Gasteiger partial charge in [-0.05, 0) is 38.5 Å². The molecule has 1 unspecified atom stereocenters. The van der Waals surface area contributed by atoms with Crippen molar-refractivity contribution in [2.45, 2.75) is 45.0 Å². The van der Waals surface area contributed by atoms with Crippen LogP contribution >= 0.6 is 23.8 Å². The van der Waals surface area contributed by atoms with Gasteiger partial charge in [-0.1, -0.05) is 30.7 Å². The van der Waals surface area contributed by atoms with Gasteiger partial charge in [-0.15, -0.1) is 0 Å². The number of nitrogens with zero attached hydrogens (tertiary/aromatic N) is 1. The summed E-state index contributed by atoms with van der Waals surface area (Å²) in [4.78, 5) is 12.2. The van der Waals surface area contributed by atoms with Crippen molar-refractivity contribution in [3.8, 4) is 11.8 Å². The zero-order valence-corrected chi connectivity index (χ0v) is 16.5. The van der Waals surface area contributed by atoms with Gasteiger partial charge in [0.1, 0.15) is 28.9 Å². The van der Waals surface area contributed by atoms with Crippen LogP contribution in [-0.2, 0) is 11.0 Å². The van der Waals surface area contributed by atoms with Crippen LogP contribution in [0.15, 0.2) is 18.2 Å². The van der Waals surface area contributed by atoms with Gasteiger partial charge < -0.3 is 15.4 Å². The van der Waals surface area contributed by atoms with E-state index in [9.17, 15) is 18.0 Å². The van der Waals surface area contributed by atoms with Gasteiger partial charge in [0.2, 0.25) is 5.91 Å². The molecule has 0 fully saturated rings. The molecular weight excluding hydrogens is 403 g/mol. The average Bonchev–Trinajstić information content (AvgIpc) is 2.55. The first-order valence-electron chi connectivity index (χ1n) is 7.92. The first-order valence-corrected chi connectivity index (χ1v) is 8.71. The lowest BCUT2D eigenvalue weighted by atomic mass is 10.0. The lowest BCUT2D eigenvalue weighted by Gasteiger charge is -2.29. The van der Waals surface area contributed by atoms with Gasteiger partial charge in [0.15, 0.2) is 0 Å². The number of halogens is 4. The Labute approximate surface area is 165 Å². The summed E-state index contributed by atoms with van der Waals surface area (Å²) in [5.74, 6) is -0.541. The number of amides is 1. The fourth-order valence-corrected chi connectivity index (χ4v) is 2.76. The highest BCUT2D eigenvalue weighted by atomic mass is 35.5. The van der Waals surface area contributed by atoms with Crippen molar-refractivity contribution in [3.63, 3.8) is 0 Å². The molecule has 1 aromatic rings. The van der Waals surface area contributed by atoms with E-state index >= 15 is 0 Å². The van der Waals surface area contributed by atoms with E-state index in [1.54, 1.807) is 26.8 Å². The normalized spacial score (nSPS) is 12.7. The molecule has 0 aromatic heterocycles. The third-order valence-corrected chi connectivity index (χ3v) is 4.05. The molecule has 5 nitrogen and oxygen atoms in total. The van der Waals surface area contributed by atoms with Gasteiger partial charge in [0, 0.05) is 5.02 Å². The van der Waals surface area contributed by atoms with Crippen molar-refractivity contribution in [2.75, 3.05) is 6.54 Å². The largest absolute Gasteiger partial charge is 0.483 e. The maximum atomic E-state index is 12.9. The highest BCUT2D eigenvalue weighted by Gasteiger charge is 2.33. The third kappa shape index (κ3) is 6.88. The predicted octanol–water partition coefficient (Wildman–Crippen LogP) is 3.85. The average molecular weight is 422 g/mol. The summed E-state index contributed by atoms with van der Waals surface area (Å²) in [6.07, 6.45) is -5.00. The number of alkyl halides is 3. The third-order valence-electron chi connectivity index (χ3n) is 3.47. The van der Waals surface area contributed by atoms with Crippen molar-refractivity contribution in [2.24, 2.45) is 0 Å². The van der Waals surface area contributed by atoms with Crippen molar-refractivity contribution in [1.29, 1.82) is 5.26 Å². The second-order valence-electron chi connectivity index (χ2n) is 6.14. The molecule has 0 radical (unpaired) electrons. The van der Waals surface area contributed by atoms with Crippen LogP contribution in [0.5, 0.6) is 5.75 Å². The minimum Gasteiger partial charge on any atom is -0.483 e. The molecule has 0 bridgehead atoms. The number of carbonyl (C=O) groups is 1. The summed E-state index contributed by atoms with van der Waals surface area (Å²) in [6, 6.07) is 4.68. The standard InChI is InChI=1S/C17H19ClF3N3O2S/c1-4-13(14(27)24-16(2,3)15(25)23-6-5-22)26-12-8-10(17(19,20)21)7-11(18)9-12/h7-9,13H,4,6H2,1-3H3,(H,23,25)(H,24,27). The Balaban J connectivity index is 2.93. The number of rotatable bonds is 7. The number of carbonyl (C=O) groups excluding carboxylic acids is 1. The number of hydrogen-bond donors (Lipinski definition) is 2. The van der Waals surface area contributed by atoms with Gasteiger partial charge in [0.05, 0.1) is 11.6 Å². The maximum Gasteiger partial charge on any atom is 0.416 e. The Morgan fingerprint density at radius 3 is 2.52 bits per heavy atom. The summed E-state index contributed by atoms with van der Waals surface area (Å²) in [5, 5.41) is 13.6. The molecular formula is C17H19ClF3N3O2S. The van der Waals surface area contributed by atoms with Crippen LogP contribution in [0.4, 0.5) is 13.2 Å². The highest BCUT2D eigenvalue weighted by molar-refractivity contribution is 7.80. The molecule has 148 valence electrons. The molecule has 1 rings (SSSR count). The monoisotopic (exact) mass is 421 g/mol. The molecule has 1 amide bonds. The topological polar surface area (TPSA) is 74.2 Å². The fourth-order valence-electron chi connectivity index (χ4n) is 2.07. The second kappa shape index (κ2) is 9.24. The van der Waals surface area contributed by atoms with E-state index in [1.807, 2.05) is 0 Å². The zero-order valence-electron chi connectivity index (χ0n) is 14.9. The summed E-state index contributed by atoms with van der Waals surface area (Å²) in [6.45, 7) is 4.68. The second-order valence-corrected chi connectivity index (χ2v) is 7.02. The van der Waals surface area contributed by atoms with Gasteiger partial charge >= 0.3 is 6.18 Å². The highest BCUT2D eigenvalue weighted by Crippen LogP contribution is 2.34. The lowest BCUT2D eigenvalue weighted by molar-refractivity contribution is -0.137. The zero-order chi connectivity index (χ0) is 20.8. The van der Waals surface area contributed by atoms with Crippen molar-refractivity contribution < 1.29 is 22.7 Å². The van der Waals surface area contributed by atoms with Crippen molar-refractivity contribution >= 4 is 34.7 Å². The molecule has 10 heteroatoms. The maximum absolute atomic E-state index is 12.9. The fraction of sp³-hybridized carbons (Fsp3) is 0.471. The van der Waals surface area contributed by atoms with Crippen LogP contribution < -0.4 is 15.4 Å². The van der Waals surface area contributed by atoms with Crippen LogP contribution in [0.3, 0.4) is 0 Å². The number of ether oxygens (including phenoxy) is 1. The van der Waals surface area contributed by atoms with E-state index in [0.29, 0.717) is 6.42 Å². The van der Waals surface area contributed by atoms with Crippen molar-refractivity contribution in [3.05, 3.63) is 28.8 Å². The van der Waals surface area contributed by atoms with Gasteiger partial charge in [-0.3, -0.25) is 4.79 Å². The quantitative estimate of drug-likeness (QED) is 0.516. The Morgan fingerprint density at radius 1 is 1.37 bits per heavy atom. The van der Waals surface area contributed by atoms with Crippen LogP contribution in [0.2, 0.25) is 5.02 Å². The summed E-state index contributed by atoms with van der Waals surface area (Å²) in [5.41, 5.74) is -2.08. The molecule has 0 heterocycles. The molecule has 0 saturated heterocycles. The molecule has 0 saturated carbocycles. The molecule has 0 aliphatic rings. The van der Waals surface area contributed by atoms with E-state index in [0.717, 1.165) is 12.1 Å². The van der Waals surface area contributed by atoms with E-state index in [1.165, 1.54) is 6.07 Å². The van der Waals surface area contributed by atoms with Gasteiger partial charge in [-0.25, -0.2) is 0 Å². The molecule has 0 spiro atoms. The molecule has 27 heavy (non-hydrogen) atoms. The Morgan fingerprint density at radius 2 is 2.00 bits per heavy atom. The number of hydrogen-bond acceptors (Lipinski definition) is 4. The molecule has 1 atom stereocenters. The molecule has 0 aliphatic heterocycles. The molecule has 2 N–H and O–H groups in total. The van der Waals surface area contributed by atoms with Gasteiger partial charge in [-0.2, -0.15) is 18.4 Å². The van der Waals surface area contributed by atoms with Crippen LogP contribution in [0.1, 0.15) is 32.8 Å². The number of thiocarbonyl (C=S) groups is 1. The Hall–Kier alpha value is -2.05. The van der Waals surface area contributed by atoms with E-state index in [-0.39, 0.29) is 22.3 Å². The van der Waals surface area contributed by atoms with Crippen LogP contribution in [0, 0.1) is 11.3 Å². The summed E-state index contributed by atoms with van der Waals surface area (Å²) < 4.78 is 44.3. The number of nitrogens with one attached hydrogen (secondary N) is 2. The first kappa shape index (κ1) is 23.0. The van der Waals surface area contributed by atoms with Gasteiger partial charge in [0.25, 0.3) is 0 Å². The Bertz CT molecular complexity index is 748. The number of benzene rings is 1. The minimum atomic E-state index is -4.57. The molecule has 0 aliphatic carbocycles. The smallest absolute Gasteiger partial charge is 0.416 e. The minimum absolute atomic E-state index is 0.0856. The summed E-state index contributed by atoms with van der Waals surface area (Å²) in [7, 11) is 0. The Kier molecular flexibility index (Phi) is 7.87. The molecule has 1 aromatic carbocycles. The summed E-state index contributed by atoms with van der Waals surface area (Å²) >= 11 is 11.0. The van der Waals surface area contributed by atoms with E-state index < -0.39 is 29.3 Å². The number of nitriles is 1. The first-order chi connectivity index (χ1) is 12.4. The van der Waals surface area contributed by atoms with Crippen LogP contribution in [-0.4, -0.2) is 29.1 Å². The lowest BCUT2D eigenvalue weighted by Crippen LogP contribution is -2.57. The van der Waals surface area contributed by atoms with E-state index in [2.05, 4.69) is 10.6 Å². The van der Waals surface area contributed by atoms with Crippen molar-refractivity contribution in [1.82, 2.24) is 10.6 Å². The SMILES string of the molecule is CCC(Oc1cc(Cl)cc(C(F)(F)F)c1)C(=S)NC(C)(C)C(=O)NCC#N.